The minimum absolute atomic E-state index is 0.182. The van der Waals surface area contributed by atoms with Crippen LogP contribution in [0.25, 0.3) is 0 Å². The van der Waals surface area contributed by atoms with Gasteiger partial charge in [0.1, 0.15) is 5.69 Å². The standard InChI is InChI=1S/C18H23N3O2/c1-5-11-21-17(22)10-9-15(19-21)18(23)20(6-2)16-12-13(3)7-8-14(16)4/h7-10,12H,5-6,11H2,1-4H3. The van der Waals surface area contributed by atoms with Crippen LogP contribution in [-0.2, 0) is 6.54 Å². The van der Waals surface area contributed by atoms with E-state index in [1.165, 1.54) is 16.8 Å². The van der Waals surface area contributed by atoms with Crippen molar-refractivity contribution in [3.05, 3.63) is 57.5 Å². The van der Waals surface area contributed by atoms with Crippen LogP contribution < -0.4 is 10.5 Å². The number of hydrogen-bond donors (Lipinski definition) is 0. The molecule has 2 aromatic rings. The number of aryl methyl sites for hydroxylation is 3. The highest BCUT2D eigenvalue weighted by Gasteiger charge is 2.20. The summed E-state index contributed by atoms with van der Waals surface area (Å²) in [5.74, 6) is -0.189. The number of hydrogen-bond acceptors (Lipinski definition) is 3. The van der Waals surface area contributed by atoms with Crippen molar-refractivity contribution >= 4 is 11.6 Å². The maximum atomic E-state index is 12.9. The molecule has 0 atom stereocenters. The van der Waals surface area contributed by atoms with E-state index >= 15 is 0 Å². The van der Waals surface area contributed by atoms with Crippen molar-refractivity contribution in [3.63, 3.8) is 0 Å². The number of carbonyl (C=O) groups is 1. The van der Waals surface area contributed by atoms with Crippen LogP contribution >= 0.6 is 0 Å². The van der Waals surface area contributed by atoms with Crippen LogP contribution in [0.4, 0.5) is 5.69 Å². The maximum Gasteiger partial charge on any atom is 0.278 e. The first-order valence-electron chi connectivity index (χ1n) is 7.95. The molecule has 0 aliphatic heterocycles. The maximum absolute atomic E-state index is 12.9. The molecule has 1 heterocycles. The molecule has 2 rings (SSSR count). The van der Waals surface area contributed by atoms with E-state index in [0.717, 1.165) is 23.2 Å². The highest BCUT2D eigenvalue weighted by atomic mass is 16.2. The Bertz CT molecular complexity index is 765. The number of nitrogens with zero attached hydrogens (tertiary/aromatic N) is 3. The number of carbonyl (C=O) groups excluding carboxylic acids is 1. The summed E-state index contributed by atoms with van der Waals surface area (Å²) in [6, 6.07) is 8.94. The van der Waals surface area contributed by atoms with Crippen LogP contribution in [0.1, 0.15) is 41.9 Å². The van der Waals surface area contributed by atoms with Gasteiger partial charge in [-0.15, -0.1) is 0 Å². The predicted molar refractivity (Wildman–Crippen MR) is 92.1 cm³/mol. The van der Waals surface area contributed by atoms with Gasteiger partial charge in [-0.3, -0.25) is 9.59 Å². The lowest BCUT2D eigenvalue weighted by atomic mass is 10.1. The summed E-state index contributed by atoms with van der Waals surface area (Å²) < 4.78 is 1.35. The van der Waals surface area contributed by atoms with Gasteiger partial charge in [-0.05, 0) is 50.5 Å². The minimum Gasteiger partial charge on any atom is -0.307 e. The van der Waals surface area contributed by atoms with Crippen molar-refractivity contribution < 1.29 is 4.79 Å². The molecule has 1 aromatic heterocycles. The Kier molecular flexibility index (Phi) is 5.32. The number of benzene rings is 1. The molecular formula is C18H23N3O2. The summed E-state index contributed by atoms with van der Waals surface area (Å²) in [5.41, 5.74) is 3.12. The first-order chi connectivity index (χ1) is 11.0. The Morgan fingerprint density at radius 1 is 1.17 bits per heavy atom. The summed E-state index contributed by atoms with van der Waals surface area (Å²) in [4.78, 5) is 26.3. The molecule has 0 saturated heterocycles. The van der Waals surface area contributed by atoms with E-state index in [1.54, 1.807) is 4.90 Å². The van der Waals surface area contributed by atoms with Crippen LogP contribution in [0.2, 0.25) is 0 Å². The van der Waals surface area contributed by atoms with Crippen molar-refractivity contribution in [1.29, 1.82) is 0 Å². The summed E-state index contributed by atoms with van der Waals surface area (Å²) in [7, 11) is 0. The lowest BCUT2D eigenvalue weighted by molar-refractivity contribution is 0.0981. The van der Waals surface area contributed by atoms with Gasteiger partial charge in [-0.25, -0.2) is 4.68 Å². The van der Waals surface area contributed by atoms with Crippen LogP contribution in [0, 0.1) is 13.8 Å². The van der Waals surface area contributed by atoms with E-state index in [-0.39, 0.29) is 11.5 Å². The number of rotatable bonds is 5. The van der Waals surface area contributed by atoms with Crippen LogP contribution in [-0.4, -0.2) is 22.2 Å². The Labute approximate surface area is 136 Å². The molecule has 5 nitrogen and oxygen atoms in total. The van der Waals surface area contributed by atoms with Gasteiger partial charge in [-0.1, -0.05) is 19.1 Å². The molecule has 122 valence electrons. The summed E-state index contributed by atoms with van der Waals surface area (Å²) in [5, 5.41) is 4.22. The van der Waals surface area contributed by atoms with Crippen LogP contribution in [0.5, 0.6) is 0 Å². The quantitative estimate of drug-likeness (QED) is 0.853. The Hall–Kier alpha value is -2.43. The summed E-state index contributed by atoms with van der Waals surface area (Å²) in [6.45, 7) is 8.93. The van der Waals surface area contributed by atoms with Gasteiger partial charge in [0.05, 0.1) is 0 Å². The third-order valence-electron chi connectivity index (χ3n) is 3.74. The van der Waals surface area contributed by atoms with Gasteiger partial charge < -0.3 is 4.90 Å². The second-order valence-corrected chi connectivity index (χ2v) is 5.62. The Morgan fingerprint density at radius 2 is 1.91 bits per heavy atom. The lowest BCUT2D eigenvalue weighted by Gasteiger charge is -2.23. The highest BCUT2D eigenvalue weighted by Crippen LogP contribution is 2.22. The minimum atomic E-state index is -0.189. The zero-order valence-corrected chi connectivity index (χ0v) is 14.2. The van der Waals surface area contributed by atoms with Gasteiger partial charge in [0.2, 0.25) is 0 Å². The fourth-order valence-electron chi connectivity index (χ4n) is 2.51. The molecule has 23 heavy (non-hydrogen) atoms. The molecule has 0 unspecified atom stereocenters. The SMILES string of the molecule is CCCn1nc(C(=O)N(CC)c2cc(C)ccc2C)ccc1=O. The van der Waals surface area contributed by atoms with Crippen molar-refractivity contribution in [1.82, 2.24) is 9.78 Å². The van der Waals surface area contributed by atoms with Crippen LogP contribution in [0.3, 0.4) is 0 Å². The molecule has 0 saturated carbocycles. The average Bonchev–Trinajstić information content (AvgIpc) is 2.53. The van der Waals surface area contributed by atoms with Gasteiger partial charge in [0.15, 0.2) is 0 Å². The smallest absolute Gasteiger partial charge is 0.278 e. The zero-order chi connectivity index (χ0) is 17.0. The second-order valence-electron chi connectivity index (χ2n) is 5.62. The fraction of sp³-hybridized carbons (Fsp3) is 0.389. The molecule has 1 amide bonds. The van der Waals surface area contributed by atoms with Crippen molar-refractivity contribution in [2.75, 3.05) is 11.4 Å². The summed E-state index contributed by atoms with van der Waals surface area (Å²) in [6.07, 6.45) is 0.791. The number of anilines is 1. The van der Waals surface area contributed by atoms with Gasteiger partial charge >= 0.3 is 0 Å². The largest absolute Gasteiger partial charge is 0.307 e. The van der Waals surface area contributed by atoms with E-state index < -0.39 is 0 Å². The first kappa shape index (κ1) is 16.9. The van der Waals surface area contributed by atoms with Gasteiger partial charge in [-0.2, -0.15) is 5.10 Å². The highest BCUT2D eigenvalue weighted by molar-refractivity contribution is 6.05. The van der Waals surface area contributed by atoms with E-state index in [4.69, 9.17) is 0 Å². The topological polar surface area (TPSA) is 55.2 Å². The van der Waals surface area contributed by atoms with Crippen molar-refractivity contribution in [2.45, 2.75) is 40.7 Å². The van der Waals surface area contributed by atoms with Gasteiger partial charge in [0, 0.05) is 24.8 Å². The second kappa shape index (κ2) is 7.22. The van der Waals surface area contributed by atoms with Gasteiger partial charge in [0.25, 0.3) is 11.5 Å². The van der Waals surface area contributed by atoms with Crippen molar-refractivity contribution in [3.8, 4) is 0 Å². The molecule has 0 radical (unpaired) electrons. The molecule has 0 spiro atoms. The van der Waals surface area contributed by atoms with E-state index in [0.29, 0.717) is 18.8 Å². The number of amides is 1. The van der Waals surface area contributed by atoms with E-state index in [1.807, 2.05) is 45.9 Å². The van der Waals surface area contributed by atoms with E-state index in [9.17, 15) is 9.59 Å². The lowest BCUT2D eigenvalue weighted by Crippen LogP contribution is -2.34. The first-order valence-corrected chi connectivity index (χ1v) is 7.95. The molecule has 5 heteroatoms. The molecule has 0 N–H and O–H groups in total. The third kappa shape index (κ3) is 3.67. The molecule has 0 bridgehead atoms. The third-order valence-corrected chi connectivity index (χ3v) is 3.74. The van der Waals surface area contributed by atoms with Crippen LogP contribution in [0.15, 0.2) is 35.1 Å². The van der Waals surface area contributed by atoms with E-state index in [2.05, 4.69) is 5.10 Å². The van der Waals surface area contributed by atoms with Crippen molar-refractivity contribution in [2.24, 2.45) is 0 Å². The molecule has 1 aromatic carbocycles. The predicted octanol–water partition coefficient (Wildman–Crippen LogP) is 2.94. The molecule has 0 fully saturated rings. The molecule has 0 aliphatic carbocycles. The Morgan fingerprint density at radius 3 is 2.57 bits per heavy atom. The molecule has 0 aliphatic rings. The zero-order valence-electron chi connectivity index (χ0n) is 14.2. The molecular weight excluding hydrogens is 290 g/mol. The monoisotopic (exact) mass is 313 g/mol. The average molecular weight is 313 g/mol. The Balaban J connectivity index is 2.42. The summed E-state index contributed by atoms with van der Waals surface area (Å²) >= 11 is 0. The fourth-order valence-corrected chi connectivity index (χ4v) is 2.51. The number of aromatic nitrogens is 2. The normalized spacial score (nSPS) is 10.6.